The first kappa shape index (κ1) is 54.2. The van der Waals surface area contributed by atoms with Crippen molar-refractivity contribution in [3.63, 3.8) is 0 Å². The molecule has 326 valence electrons. The smallest absolute Gasteiger partial charge is 1.00 e. The minimum Gasteiger partial charge on any atom is -1.00 e. The summed E-state index contributed by atoms with van der Waals surface area (Å²) >= 11 is 2.61. The van der Waals surface area contributed by atoms with Gasteiger partial charge in [0.1, 0.15) is 0 Å². The second-order valence-electron chi connectivity index (χ2n) is 17.6. The van der Waals surface area contributed by atoms with E-state index in [-0.39, 0.29) is 37.2 Å². The zero-order valence-electron chi connectivity index (χ0n) is 40.1. The maximum Gasteiger partial charge on any atom is -1.00 e. The Hall–Kier alpha value is -2.86. The van der Waals surface area contributed by atoms with Crippen LogP contribution in [0, 0.1) is 0 Å². The number of hydrogen-bond donors (Lipinski definition) is 0. The van der Waals surface area contributed by atoms with Gasteiger partial charge in [-0.15, -0.1) is 0 Å². The summed E-state index contributed by atoms with van der Waals surface area (Å²) in [6, 6.07) is 14.7. The molecule has 4 rings (SSSR count). The molecule has 0 radical (unpaired) electrons. The zero-order chi connectivity index (χ0) is 42.7. The van der Waals surface area contributed by atoms with Gasteiger partial charge in [0.25, 0.3) is 0 Å². The van der Waals surface area contributed by atoms with Gasteiger partial charge in [-0.1, -0.05) is 0 Å². The van der Waals surface area contributed by atoms with E-state index in [4.69, 9.17) is 0 Å². The van der Waals surface area contributed by atoms with Gasteiger partial charge in [0.15, 0.2) is 0 Å². The average molecular weight is 921 g/mol. The standard InChI is InChI=1S/C45H72N9Si.3ClH.Ti/c1-29-30(2)32(4)42(31(29)3)55(43-36(49(11)12)23-33(46(5)6)24-37(43)50(13)14,44-38(51(15)16)25-34(47(7)8)26-39(44)52(17)18)45-40(53(19)20)27-35(48(9)10)28-41(45)54(21)22;;;;/h23-28H,1-22H3;3*1H;/q;;;;+3/p-3. The summed E-state index contributed by atoms with van der Waals surface area (Å²) in [6.07, 6.45) is 0. The zero-order valence-corrected chi connectivity index (χ0v) is 45.0. The van der Waals surface area contributed by atoms with Gasteiger partial charge in [-0.25, -0.2) is 0 Å². The van der Waals surface area contributed by atoms with E-state index in [1.54, 1.807) is 0 Å². The number of allylic oxidation sites excluding steroid dienone is 4. The van der Waals surface area contributed by atoms with E-state index in [0.717, 1.165) is 0 Å². The van der Waals surface area contributed by atoms with Crippen molar-refractivity contribution in [3.8, 4) is 0 Å². The van der Waals surface area contributed by atoms with Crippen LogP contribution in [-0.4, -0.2) is 135 Å². The van der Waals surface area contributed by atoms with Crippen molar-refractivity contribution in [1.29, 1.82) is 0 Å². The van der Waals surface area contributed by atoms with Crippen LogP contribution < -0.4 is 96.9 Å². The third-order valence-corrected chi connectivity index (χ3v) is 20.8. The Balaban J connectivity index is 0.00000580. The molecule has 0 atom stereocenters. The summed E-state index contributed by atoms with van der Waals surface area (Å²) in [5.74, 6) is 0. The summed E-state index contributed by atoms with van der Waals surface area (Å²) in [6.45, 7) is 9.59. The first-order valence-electron chi connectivity index (χ1n) is 19.5. The van der Waals surface area contributed by atoms with Gasteiger partial charge in [0, 0.05) is 0 Å². The summed E-state index contributed by atoms with van der Waals surface area (Å²) in [5, 5.41) is 4.23. The van der Waals surface area contributed by atoms with E-state index >= 15 is 0 Å². The number of nitrogens with zero attached hydrogens (tertiary/aromatic N) is 9. The van der Waals surface area contributed by atoms with Crippen molar-refractivity contribution in [2.45, 2.75) is 31.0 Å². The fourth-order valence-corrected chi connectivity index (χ4v) is 18.5. The molecular formula is C45H72Cl3N9SiTi. The van der Waals surface area contributed by atoms with Crippen molar-refractivity contribution >= 4 is 74.8 Å². The average Bonchev–Trinajstić information content (AvgIpc) is 3.26. The van der Waals surface area contributed by atoms with Gasteiger partial charge in [0.2, 0.25) is 0 Å². The minimum atomic E-state index is -3.56. The molecule has 0 bridgehead atoms. The van der Waals surface area contributed by atoms with E-state index in [1.165, 1.54) is 89.0 Å². The fourth-order valence-electron chi connectivity index (χ4n) is 8.74. The molecule has 3 aromatic carbocycles. The Morgan fingerprint density at radius 2 is 0.508 bits per heavy atom. The molecular weight excluding hydrogens is 849 g/mol. The Morgan fingerprint density at radius 3 is 0.644 bits per heavy atom. The molecule has 0 aromatic heterocycles. The van der Waals surface area contributed by atoms with Crippen LogP contribution in [0.4, 0.5) is 51.2 Å². The van der Waals surface area contributed by atoms with Crippen molar-refractivity contribution in [3.05, 3.63) is 58.7 Å². The first-order valence-corrected chi connectivity index (χ1v) is 22.3. The predicted octanol–water partition coefficient (Wildman–Crippen LogP) is -3.31. The minimum absolute atomic E-state index is 0. The van der Waals surface area contributed by atoms with Crippen LogP contribution in [0.3, 0.4) is 0 Å². The summed E-state index contributed by atoms with van der Waals surface area (Å²) in [7, 11) is 36.2. The molecule has 59 heavy (non-hydrogen) atoms. The van der Waals surface area contributed by atoms with Crippen molar-refractivity contribution < 1.29 is 57.7 Å². The van der Waals surface area contributed by atoms with Gasteiger partial charge < -0.3 is 37.2 Å². The van der Waals surface area contributed by atoms with Gasteiger partial charge in [-0.3, -0.25) is 0 Å². The molecule has 3 aromatic rings. The summed E-state index contributed by atoms with van der Waals surface area (Å²) < 4.78 is -0.416. The van der Waals surface area contributed by atoms with E-state index in [0.29, 0.717) is 0 Å². The van der Waals surface area contributed by atoms with E-state index in [9.17, 15) is 0 Å². The molecule has 0 spiro atoms. The number of benzene rings is 3. The molecule has 0 aliphatic heterocycles. The summed E-state index contributed by atoms with van der Waals surface area (Å²) in [5.41, 5.74) is 16.7. The Bertz CT molecular complexity index is 1750. The summed E-state index contributed by atoms with van der Waals surface area (Å²) in [4.78, 5) is 21.0. The van der Waals surface area contributed by atoms with Crippen LogP contribution in [-0.2, 0) is 20.4 Å². The van der Waals surface area contributed by atoms with Crippen molar-refractivity contribution in [2.24, 2.45) is 0 Å². The fraction of sp³-hybridized carbons (Fsp3) is 0.511. The Kier molecular flexibility index (Phi) is 18.3. The van der Waals surface area contributed by atoms with Crippen LogP contribution >= 0.6 is 0 Å². The third-order valence-electron chi connectivity index (χ3n) is 12.2. The second-order valence-corrected chi connectivity index (χ2v) is 23.3. The second kappa shape index (κ2) is 19.9. The van der Waals surface area contributed by atoms with Crippen molar-refractivity contribution in [2.75, 3.05) is 171 Å². The molecule has 0 N–H and O–H groups in total. The molecule has 0 unspecified atom stereocenters. The number of hydrogen-bond acceptors (Lipinski definition) is 9. The number of halogens is 3. The predicted molar refractivity (Wildman–Crippen MR) is 252 cm³/mol. The SMILES string of the molecule is CC1=C(C)[C]([Ti+3])([Si](c2c(N(C)C)cc(N(C)C)cc2N(C)C)(c2c(N(C)C)cc(N(C)C)cc2N(C)C)c2c(N(C)C)cc(N(C)C)cc2N(C)C)C(C)=C1C.[Cl-].[Cl-].[Cl-]. The Morgan fingerprint density at radius 1 is 0.339 bits per heavy atom. The number of rotatable bonds is 13. The van der Waals surface area contributed by atoms with Gasteiger partial charge in [0.05, 0.1) is 0 Å². The van der Waals surface area contributed by atoms with Crippen LogP contribution in [0.1, 0.15) is 27.7 Å². The quantitative estimate of drug-likeness (QED) is 0.130. The number of anilines is 9. The van der Waals surface area contributed by atoms with Crippen LogP contribution in [0.2, 0.25) is 3.34 Å². The van der Waals surface area contributed by atoms with Crippen LogP contribution in [0.5, 0.6) is 0 Å². The van der Waals surface area contributed by atoms with Crippen molar-refractivity contribution in [1.82, 2.24) is 0 Å². The molecule has 1 aliphatic rings. The third kappa shape index (κ3) is 8.92. The molecule has 1 aliphatic carbocycles. The van der Waals surface area contributed by atoms with E-state index in [2.05, 4.69) is 255 Å². The van der Waals surface area contributed by atoms with E-state index in [1.807, 2.05) is 0 Å². The van der Waals surface area contributed by atoms with Gasteiger partial charge in [-0.05, 0) is 0 Å². The van der Waals surface area contributed by atoms with Gasteiger partial charge >= 0.3 is 356 Å². The van der Waals surface area contributed by atoms with E-state index < -0.39 is 11.4 Å². The molecule has 0 heterocycles. The molecule has 0 fully saturated rings. The normalized spacial score (nSPS) is 13.3. The maximum absolute atomic E-state index is 3.56. The van der Waals surface area contributed by atoms with Gasteiger partial charge in [-0.2, -0.15) is 0 Å². The Labute approximate surface area is 390 Å². The molecule has 0 saturated carbocycles. The largest absolute Gasteiger partial charge is 1.00 e. The molecule has 0 saturated heterocycles. The van der Waals surface area contributed by atoms with Crippen LogP contribution in [0.15, 0.2) is 58.7 Å². The topological polar surface area (TPSA) is 29.2 Å². The molecule has 14 heteroatoms. The first-order chi connectivity index (χ1) is 25.8. The van der Waals surface area contributed by atoms with Crippen LogP contribution in [0.25, 0.3) is 0 Å². The molecule has 0 amide bonds. The molecule has 9 nitrogen and oxygen atoms in total. The monoisotopic (exact) mass is 919 g/mol. The maximum atomic E-state index is 2.61.